The van der Waals surface area contributed by atoms with Gasteiger partial charge in [0.15, 0.2) is 11.6 Å². The molecule has 2 unspecified atom stereocenters. The Morgan fingerprint density at radius 3 is 1.55 bits per heavy atom. The van der Waals surface area contributed by atoms with Crippen molar-refractivity contribution < 1.29 is 55.4 Å². The fraction of sp³-hybridized carbons (Fsp3) is 0.400. The molecule has 12 rings (SSSR count). The number of aliphatic hydroxyl groups excluding tert-OH is 1. The number of nitrogens with one attached hydrogen (secondary N) is 3. The Balaban J connectivity index is 0.000000179. The van der Waals surface area contributed by atoms with E-state index in [2.05, 4.69) is 27.9 Å². The van der Waals surface area contributed by atoms with Crippen LogP contribution in [0.15, 0.2) is 147 Å². The van der Waals surface area contributed by atoms with E-state index >= 15 is 0 Å². The number of hydrogen-bond donors (Lipinski definition) is 4. The monoisotopic (exact) mass is 1190 g/mol. The van der Waals surface area contributed by atoms with E-state index in [0.717, 1.165) is 38.4 Å². The van der Waals surface area contributed by atoms with Crippen molar-refractivity contribution in [2.24, 2.45) is 28.6 Å². The number of ketones is 2. The number of amides is 3. The summed E-state index contributed by atoms with van der Waals surface area (Å²) in [5.74, 6) is -2.66. The van der Waals surface area contributed by atoms with Gasteiger partial charge in [-0.15, -0.1) is 13.2 Å². The lowest BCUT2D eigenvalue weighted by molar-refractivity contribution is -0.144. The molecule has 4 heterocycles. The predicted molar refractivity (Wildman–Crippen MR) is 321 cm³/mol. The van der Waals surface area contributed by atoms with E-state index in [1.165, 1.54) is 11.8 Å². The summed E-state index contributed by atoms with van der Waals surface area (Å²) in [4.78, 5) is 78.5. The number of likely N-dealkylation sites (tertiary alicyclic amines) is 1. The molecule has 0 bridgehead atoms. The number of fused-ring (bicyclic) bond motifs is 2. The van der Waals surface area contributed by atoms with Crippen LogP contribution in [-0.2, 0) is 44.0 Å². The molecule has 20 heteroatoms. The molecule has 4 N–H and O–H groups in total. The molecule has 2 aromatic heterocycles. The lowest BCUT2D eigenvalue weighted by Gasteiger charge is -2.28. The van der Waals surface area contributed by atoms with E-state index in [4.69, 9.17) is 19.4 Å². The zero-order chi connectivity index (χ0) is 60.0. The van der Waals surface area contributed by atoms with Crippen LogP contribution >= 0.6 is 0 Å². The van der Waals surface area contributed by atoms with E-state index in [1.807, 2.05) is 121 Å². The average Bonchev–Trinajstić information content (AvgIpc) is 2.54. The number of allylic oxidation sites excluding steroid dienone is 2. The third-order valence-electron chi connectivity index (χ3n) is 17.7. The topological polar surface area (TPSA) is 257 Å². The fourth-order valence-electron chi connectivity index (χ4n) is 11.9. The van der Waals surface area contributed by atoms with E-state index in [9.17, 15) is 45.9 Å². The highest BCUT2D eigenvalue weighted by Gasteiger charge is 2.62. The maximum Gasteiger partial charge on any atom is 0.240 e. The van der Waals surface area contributed by atoms with Crippen molar-refractivity contribution in [2.45, 2.75) is 119 Å². The van der Waals surface area contributed by atoms with Gasteiger partial charge in [-0.2, -0.15) is 0 Å². The standard InChI is InChI=1S/C35H39N3O7S.C30H31N3O5S/c1-4-25-18-35(25,34(42)37-46(43,44)27-14-15-27)19-31(40)30-17-26(20-38(30)33(41)21(2)22(3)39)45-32-28-13-9-8-12-24(28)16-29(36-32)23-10-6-5-7-11-23;1-2-21-16-30(21,29(35)33-39(36,37)23-12-13-23)17-27(34)26-15-22(18-31-26)38-28-24-11-7-6-10-20(24)14-25(32-28)19-8-4-3-5-9-19/h4-13,16,21-22,25-27,30,39H,1,14-15,17-20H2,2-3H3,(H,37,42);2-11,14,21-23,26,31H,1,12-13,15-18H2,(H,33,35)/t21-,22-,25+,26?,30-,35+;21-,22?,26+,30-/m01/s1. The summed E-state index contributed by atoms with van der Waals surface area (Å²) in [5.41, 5.74) is 1.12. The number of pyridine rings is 2. The Labute approximate surface area is 495 Å². The van der Waals surface area contributed by atoms with Crippen LogP contribution in [-0.4, -0.2) is 120 Å². The highest BCUT2D eigenvalue weighted by Crippen LogP contribution is 2.58. The molecule has 4 saturated carbocycles. The van der Waals surface area contributed by atoms with Crippen molar-refractivity contribution in [1.29, 1.82) is 0 Å². The molecule has 3 amide bonds. The van der Waals surface area contributed by atoms with Crippen LogP contribution in [0.3, 0.4) is 0 Å². The highest BCUT2D eigenvalue weighted by atomic mass is 32.2. The van der Waals surface area contributed by atoms with Gasteiger partial charge in [0.25, 0.3) is 0 Å². The second kappa shape index (κ2) is 23.7. The third-order valence-corrected chi connectivity index (χ3v) is 21.4. The summed E-state index contributed by atoms with van der Waals surface area (Å²) < 4.78 is 67.2. The van der Waals surface area contributed by atoms with Crippen LogP contribution < -0.4 is 24.2 Å². The molecule has 85 heavy (non-hydrogen) atoms. The lowest BCUT2D eigenvalue weighted by atomic mass is 9.91. The van der Waals surface area contributed by atoms with Gasteiger partial charge in [-0.25, -0.2) is 26.8 Å². The van der Waals surface area contributed by atoms with Gasteiger partial charge in [0.05, 0.1) is 63.4 Å². The third kappa shape index (κ3) is 12.6. The van der Waals surface area contributed by atoms with Crippen LogP contribution in [0.2, 0.25) is 0 Å². The molecule has 6 aliphatic rings. The number of ether oxygens (including phenoxy) is 2. The minimum Gasteiger partial charge on any atom is -0.472 e. The van der Waals surface area contributed by atoms with Crippen LogP contribution in [0.4, 0.5) is 0 Å². The number of aliphatic hydroxyl groups is 1. The number of nitrogens with zero attached hydrogens (tertiary/aromatic N) is 3. The Bertz CT molecular complexity index is 3840. The van der Waals surface area contributed by atoms with Gasteiger partial charge in [0, 0.05) is 54.1 Å². The minimum atomic E-state index is -3.81. The molecule has 6 fully saturated rings. The quantitative estimate of drug-likeness (QED) is 0.0473. The fourth-order valence-corrected chi connectivity index (χ4v) is 14.7. The van der Waals surface area contributed by atoms with Gasteiger partial charge in [0.1, 0.15) is 12.2 Å². The summed E-state index contributed by atoms with van der Waals surface area (Å²) in [6.07, 6.45) is 4.52. The number of rotatable bonds is 22. The summed E-state index contributed by atoms with van der Waals surface area (Å²) in [6.45, 7) is 11.2. The largest absolute Gasteiger partial charge is 0.472 e. The van der Waals surface area contributed by atoms with Gasteiger partial charge >= 0.3 is 0 Å². The highest BCUT2D eigenvalue weighted by molar-refractivity contribution is 7.91. The number of sulfonamides is 2. The molecule has 4 aromatic carbocycles. The number of carbonyl (C=O) groups is 5. The first-order chi connectivity index (χ1) is 40.7. The van der Waals surface area contributed by atoms with Crippen molar-refractivity contribution in [2.75, 3.05) is 13.1 Å². The number of hydrogen-bond acceptors (Lipinski definition) is 15. The molecule has 2 aliphatic heterocycles. The Morgan fingerprint density at radius 2 is 1.11 bits per heavy atom. The summed E-state index contributed by atoms with van der Waals surface area (Å²) >= 11 is 0. The Hall–Kier alpha value is -7.65. The van der Waals surface area contributed by atoms with Crippen molar-refractivity contribution in [3.63, 3.8) is 0 Å². The first kappa shape index (κ1) is 59.1. The second-order valence-corrected chi connectivity index (χ2v) is 27.7. The van der Waals surface area contributed by atoms with Crippen LogP contribution in [0.1, 0.15) is 78.1 Å². The Morgan fingerprint density at radius 1 is 0.659 bits per heavy atom. The molecule has 0 spiro atoms. The molecule has 2 saturated heterocycles. The van der Waals surface area contributed by atoms with Crippen molar-refractivity contribution in [3.8, 4) is 34.3 Å². The summed E-state index contributed by atoms with van der Waals surface area (Å²) in [6, 6.07) is 37.8. The Kier molecular flexibility index (Phi) is 16.5. The number of aromatic nitrogens is 2. The maximum atomic E-state index is 14.0. The molecule has 6 aromatic rings. The molecule has 444 valence electrons. The molecule has 0 radical (unpaired) electrons. The van der Waals surface area contributed by atoms with E-state index in [-0.39, 0.29) is 55.3 Å². The van der Waals surface area contributed by atoms with Gasteiger partial charge in [-0.3, -0.25) is 33.4 Å². The molecular weight excluding hydrogens is 1120 g/mol. The van der Waals surface area contributed by atoms with Crippen molar-refractivity contribution in [3.05, 3.63) is 147 Å². The summed E-state index contributed by atoms with van der Waals surface area (Å²) in [7, 11) is -7.50. The van der Waals surface area contributed by atoms with E-state index in [0.29, 0.717) is 68.9 Å². The van der Waals surface area contributed by atoms with Crippen LogP contribution in [0, 0.1) is 28.6 Å². The van der Waals surface area contributed by atoms with Gasteiger partial charge < -0.3 is 24.8 Å². The number of carbonyl (C=O) groups excluding carboxylic acids is 5. The molecule has 4 aliphatic carbocycles. The smallest absolute Gasteiger partial charge is 0.240 e. The minimum absolute atomic E-state index is 0.0369. The van der Waals surface area contributed by atoms with Gasteiger partial charge in [0.2, 0.25) is 49.5 Å². The summed E-state index contributed by atoms with van der Waals surface area (Å²) in [5, 5.41) is 16.0. The zero-order valence-electron chi connectivity index (χ0n) is 47.5. The first-order valence-corrected chi connectivity index (χ1v) is 32.2. The molecule has 10 atom stereocenters. The van der Waals surface area contributed by atoms with Crippen LogP contribution in [0.25, 0.3) is 44.1 Å². The number of benzene rings is 4. The van der Waals surface area contributed by atoms with Crippen molar-refractivity contribution in [1.82, 2.24) is 29.6 Å². The van der Waals surface area contributed by atoms with E-state index in [1.54, 1.807) is 19.1 Å². The SMILES string of the molecule is C=C[C@@H]1C[C@]1(CC(=O)[C@@H]1CC(Oc2nc(-c3ccccc3)cc3ccccc23)CN1)C(=O)NS(=O)(=O)C1CC1.C=C[C@@H]1C[C@]1(CC(=O)[C@@H]1CC(Oc2nc(-c3ccccc3)cc3ccccc23)CN1C(=O)[C@@H](C)[C@H](C)O)C(=O)NS(=O)(=O)C1CC1. The normalized spacial score (nSPS) is 25.8. The van der Waals surface area contributed by atoms with Gasteiger partial charge in [-0.05, 0) is 92.3 Å². The van der Waals surface area contributed by atoms with Gasteiger partial charge in [-0.1, -0.05) is 116 Å². The lowest BCUT2D eigenvalue weighted by Crippen LogP contribution is -2.47. The molecular formula is C65H70N6O12S2. The van der Waals surface area contributed by atoms with Crippen LogP contribution in [0.5, 0.6) is 11.8 Å². The average molecular weight is 1190 g/mol. The zero-order valence-corrected chi connectivity index (χ0v) is 49.1. The molecule has 18 nitrogen and oxygen atoms in total. The van der Waals surface area contributed by atoms with E-state index < -0.39 is 89.3 Å². The second-order valence-electron chi connectivity index (χ2n) is 23.8. The van der Waals surface area contributed by atoms with Crippen molar-refractivity contribution >= 4 is 70.9 Å². The maximum absolute atomic E-state index is 14.0. The predicted octanol–water partition coefficient (Wildman–Crippen LogP) is 7.80. The first-order valence-electron chi connectivity index (χ1n) is 29.1. The number of Topliss-reactive ketones (excluding diaryl/α,β-unsaturated/α-hetero) is 2.